The van der Waals surface area contributed by atoms with E-state index < -0.39 is 0 Å². The number of rotatable bonds is 2. The molecule has 2 aromatic heterocycles. The number of aryl methyl sites for hydroxylation is 1. The van der Waals surface area contributed by atoms with Gasteiger partial charge >= 0.3 is 0 Å². The van der Waals surface area contributed by atoms with E-state index in [1.165, 1.54) is 0 Å². The number of carbonyl (C=O) groups is 1. The molecule has 0 saturated carbocycles. The van der Waals surface area contributed by atoms with E-state index in [9.17, 15) is 4.79 Å². The van der Waals surface area contributed by atoms with Crippen molar-refractivity contribution in [2.24, 2.45) is 0 Å². The van der Waals surface area contributed by atoms with Gasteiger partial charge in [-0.2, -0.15) is 5.10 Å². The highest BCUT2D eigenvalue weighted by Crippen LogP contribution is 2.11. The Hall–Kier alpha value is -2.35. The fraction of sp³-hybridized carbons (Fsp3) is 0.182. The molecule has 1 N–H and O–H groups in total. The average Bonchev–Trinajstić information content (AvgIpc) is 2.62. The van der Waals surface area contributed by atoms with Gasteiger partial charge in [0.25, 0.3) is 5.91 Å². The molecule has 0 fully saturated rings. The maximum atomic E-state index is 11.8. The summed E-state index contributed by atoms with van der Waals surface area (Å²) in [4.78, 5) is 15.9. The lowest BCUT2D eigenvalue weighted by atomic mass is 10.2. The van der Waals surface area contributed by atoms with Gasteiger partial charge in [0, 0.05) is 12.4 Å². The lowest BCUT2D eigenvalue weighted by Crippen LogP contribution is -2.24. The van der Waals surface area contributed by atoms with Crippen LogP contribution in [0.4, 0.5) is 0 Å². The normalized spacial score (nSPS) is 10.0. The molecule has 0 aliphatic rings. The molecule has 0 aromatic carbocycles. The van der Waals surface area contributed by atoms with Crippen molar-refractivity contribution in [3.05, 3.63) is 29.7 Å². The third kappa shape index (κ3) is 1.61. The third-order valence-corrected chi connectivity index (χ3v) is 2.15. The zero-order chi connectivity index (χ0) is 11.5. The van der Waals surface area contributed by atoms with E-state index in [1.54, 1.807) is 29.9 Å². The molecule has 0 aliphatic heterocycles. The van der Waals surface area contributed by atoms with Gasteiger partial charge in [0.15, 0.2) is 5.65 Å². The van der Waals surface area contributed by atoms with Crippen LogP contribution in [0.5, 0.6) is 0 Å². The van der Waals surface area contributed by atoms with Gasteiger partial charge in [-0.05, 0) is 13.0 Å². The second-order valence-corrected chi connectivity index (χ2v) is 3.24. The minimum Gasteiger partial charge on any atom is -0.341 e. The van der Waals surface area contributed by atoms with Gasteiger partial charge in [0.05, 0.1) is 12.2 Å². The van der Waals surface area contributed by atoms with Crippen LogP contribution < -0.4 is 5.32 Å². The topological polar surface area (TPSA) is 59.3 Å². The summed E-state index contributed by atoms with van der Waals surface area (Å²) >= 11 is 0. The Balaban J connectivity index is 2.47. The summed E-state index contributed by atoms with van der Waals surface area (Å²) < 4.78 is 1.57. The van der Waals surface area contributed by atoms with Gasteiger partial charge in [-0.25, -0.2) is 9.50 Å². The van der Waals surface area contributed by atoms with Crippen molar-refractivity contribution in [1.82, 2.24) is 19.9 Å². The van der Waals surface area contributed by atoms with Gasteiger partial charge in [-0.15, -0.1) is 6.42 Å². The largest absolute Gasteiger partial charge is 0.341 e. The van der Waals surface area contributed by atoms with Gasteiger partial charge in [0.1, 0.15) is 5.56 Å². The van der Waals surface area contributed by atoms with Crippen LogP contribution in [0.15, 0.2) is 18.5 Å². The number of hydrogen-bond donors (Lipinski definition) is 1. The number of terminal acetylenes is 1. The standard InChI is InChI=1S/C11H10N4O/c1-3-5-13-11(16)9-8(2)14-15-7-4-6-12-10(9)15/h1,4,6-7H,5H2,2H3,(H,13,16). The smallest absolute Gasteiger partial charge is 0.257 e. The first-order valence-electron chi connectivity index (χ1n) is 4.75. The lowest BCUT2D eigenvalue weighted by molar-refractivity contribution is 0.0959. The first kappa shape index (κ1) is 10.2. The molecule has 0 unspecified atom stereocenters. The van der Waals surface area contributed by atoms with Gasteiger partial charge in [0.2, 0.25) is 0 Å². The molecule has 5 nitrogen and oxygen atoms in total. The van der Waals surface area contributed by atoms with Crippen LogP contribution in [0.25, 0.3) is 5.65 Å². The van der Waals surface area contributed by atoms with Gasteiger partial charge < -0.3 is 5.32 Å². The van der Waals surface area contributed by atoms with E-state index in [-0.39, 0.29) is 12.5 Å². The predicted molar refractivity (Wildman–Crippen MR) is 58.9 cm³/mol. The van der Waals surface area contributed by atoms with Crippen LogP contribution in [0.3, 0.4) is 0 Å². The van der Waals surface area contributed by atoms with Crippen LogP contribution in [-0.4, -0.2) is 27.0 Å². The molecule has 5 heteroatoms. The summed E-state index contributed by atoms with van der Waals surface area (Å²) in [7, 11) is 0. The zero-order valence-corrected chi connectivity index (χ0v) is 8.77. The Labute approximate surface area is 92.5 Å². The van der Waals surface area contributed by atoms with Gasteiger partial charge in [-0.3, -0.25) is 4.79 Å². The number of hydrogen-bond acceptors (Lipinski definition) is 3. The Morgan fingerprint density at radius 2 is 2.50 bits per heavy atom. The second-order valence-electron chi connectivity index (χ2n) is 3.24. The summed E-state index contributed by atoms with van der Waals surface area (Å²) in [5.41, 5.74) is 1.64. The highest BCUT2D eigenvalue weighted by Gasteiger charge is 2.16. The van der Waals surface area contributed by atoms with E-state index in [1.807, 2.05) is 0 Å². The molecule has 0 aliphatic carbocycles. The van der Waals surface area contributed by atoms with E-state index in [0.29, 0.717) is 16.9 Å². The Morgan fingerprint density at radius 3 is 3.25 bits per heavy atom. The zero-order valence-electron chi connectivity index (χ0n) is 8.77. The molecule has 0 spiro atoms. The molecular weight excluding hydrogens is 204 g/mol. The quantitative estimate of drug-likeness (QED) is 0.736. The monoisotopic (exact) mass is 214 g/mol. The minimum absolute atomic E-state index is 0.197. The van der Waals surface area contributed by atoms with E-state index in [2.05, 4.69) is 21.3 Å². The minimum atomic E-state index is -0.246. The van der Waals surface area contributed by atoms with Crippen LogP contribution >= 0.6 is 0 Å². The summed E-state index contributed by atoms with van der Waals surface area (Å²) in [6, 6.07) is 1.75. The fourth-order valence-corrected chi connectivity index (χ4v) is 1.48. The van der Waals surface area contributed by atoms with Crippen molar-refractivity contribution in [2.75, 3.05) is 6.54 Å². The van der Waals surface area contributed by atoms with Crippen molar-refractivity contribution >= 4 is 11.6 Å². The van der Waals surface area contributed by atoms with Crippen molar-refractivity contribution in [2.45, 2.75) is 6.92 Å². The predicted octanol–water partition coefficient (Wildman–Crippen LogP) is 0.401. The Kier molecular flexibility index (Phi) is 2.56. The molecule has 2 rings (SSSR count). The maximum absolute atomic E-state index is 11.8. The van der Waals surface area contributed by atoms with Gasteiger partial charge in [-0.1, -0.05) is 5.92 Å². The van der Waals surface area contributed by atoms with Crippen LogP contribution in [-0.2, 0) is 0 Å². The fourth-order valence-electron chi connectivity index (χ4n) is 1.48. The number of fused-ring (bicyclic) bond motifs is 1. The van der Waals surface area contributed by atoms with Crippen molar-refractivity contribution in [1.29, 1.82) is 0 Å². The summed E-state index contributed by atoms with van der Waals surface area (Å²) in [5.74, 6) is 2.10. The van der Waals surface area contributed by atoms with E-state index >= 15 is 0 Å². The molecule has 1 amide bonds. The first-order chi connectivity index (χ1) is 7.74. The first-order valence-corrected chi connectivity index (χ1v) is 4.75. The number of aromatic nitrogens is 3. The van der Waals surface area contributed by atoms with E-state index in [4.69, 9.17) is 6.42 Å². The Morgan fingerprint density at radius 1 is 1.69 bits per heavy atom. The molecule has 16 heavy (non-hydrogen) atoms. The number of nitrogens with one attached hydrogen (secondary N) is 1. The molecule has 0 saturated heterocycles. The Bertz CT molecular complexity index is 579. The van der Waals surface area contributed by atoms with E-state index in [0.717, 1.165) is 0 Å². The summed E-state index contributed by atoms with van der Waals surface area (Å²) in [5, 5.41) is 6.78. The summed E-state index contributed by atoms with van der Waals surface area (Å²) in [6.07, 6.45) is 8.44. The molecule has 80 valence electrons. The molecule has 2 aromatic rings. The molecule has 0 atom stereocenters. The molecule has 0 radical (unpaired) electrons. The lowest BCUT2D eigenvalue weighted by Gasteiger charge is -1.99. The average molecular weight is 214 g/mol. The highest BCUT2D eigenvalue weighted by molar-refractivity contribution is 6.01. The van der Waals surface area contributed by atoms with Crippen LogP contribution in [0, 0.1) is 19.3 Å². The third-order valence-electron chi connectivity index (χ3n) is 2.15. The van der Waals surface area contributed by atoms with Crippen molar-refractivity contribution < 1.29 is 4.79 Å². The SMILES string of the molecule is C#CCNC(=O)c1c(C)nn2cccnc12. The molecular formula is C11H10N4O. The number of nitrogens with zero attached hydrogens (tertiary/aromatic N) is 3. The highest BCUT2D eigenvalue weighted by atomic mass is 16.1. The van der Waals surface area contributed by atoms with Crippen molar-refractivity contribution in [3.63, 3.8) is 0 Å². The number of amides is 1. The van der Waals surface area contributed by atoms with Crippen LogP contribution in [0.1, 0.15) is 16.1 Å². The molecule has 2 heterocycles. The second kappa shape index (κ2) is 4.03. The van der Waals surface area contributed by atoms with Crippen molar-refractivity contribution in [3.8, 4) is 12.3 Å². The number of carbonyl (C=O) groups excluding carboxylic acids is 1. The maximum Gasteiger partial charge on any atom is 0.257 e. The van der Waals surface area contributed by atoms with Crippen LogP contribution in [0.2, 0.25) is 0 Å². The molecule has 0 bridgehead atoms. The summed E-state index contributed by atoms with van der Waals surface area (Å²) in [6.45, 7) is 1.96.